The first kappa shape index (κ1) is 9.89. The fourth-order valence-electron chi connectivity index (χ4n) is 1.48. The molecule has 0 amide bonds. The summed E-state index contributed by atoms with van der Waals surface area (Å²) in [5, 5.41) is 0.733. The number of hydrogen-bond acceptors (Lipinski definition) is 1. The van der Waals surface area contributed by atoms with Crippen molar-refractivity contribution in [2.24, 2.45) is 0 Å². The maximum atomic E-state index is 12.0. The van der Waals surface area contributed by atoms with Gasteiger partial charge in [0, 0.05) is 11.6 Å². The smallest absolute Gasteiger partial charge is 0.404 e. The molecular weight excluding hydrogens is 207 g/mol. The molecule has 0 aliphatic carbocycles. The minimum absolute atomic E-state index is 0.201. The summed E-state index contributed by atoms with van der Waals surface area (Å²) in [5.74, 6) is -0.201. The molecule has 1 N–H and O–H groups in total. The molecule has 1 aromatic heterocycles. The van der Waals surface area contributed by atoms with Gasteiger partial charge in [0.25, 0.3) is 0 Å². The molecule has 0 radical (unpaired) electrons. The molecule has 0 saturated carbocycles. The van der Waals surface area contributed by atoms with Crippen LogP contribution in [0.3, 0.4) is 0 Å². The number of halogens is 3. The van der Waals surface area contributed by atoms with Gasteiger partial charge in [0.15, 0.2) is 5.75 Å². The third-order valence-electron chi connectivity index (χ3n) is 2.11. The monoisotopic (exact) mass is 215 g/mol. The van der Waals surface area contributed by atoms with Gasteiger partial charge in [0.1, 0.15) is 0 Å². The van der Waals surface area contributed by atoms with Gasteiger partial charge in [-0.15, -0.1) is 13.2 Å². The number of rotatable bonds is 1. The van der Waals surface area contributed by atoms with Crippen molar-refractivity contribution in [2.75, 3.05) is 0 Å². The van der Waals surface area contributed by atoms with Crippen molar-refractivity contribution in [1.29, 1.82) is 0 Å². The highest BCUT2D eigenvalue weighted by atomic mass is 19.4. The number of aromatic amines is 1. The average molecular weight is 215 g/mol. The second-order valence-electron chi connectivity index (χ2n) is 3.20. The second kappa shape index (κ2) is 3.18. The molecule has 15 heavy (non-hydrogen) atoms. The van der Waals surface area contributed by atoms with Crippen LogP contribution in [0.4, 0.5) is 13.2 Å². The third kappa shape index (κ3) is 1.91. The van der Waals surface area contributed by atoms with Gasteiger partial charge in [0.2, 0.25) is 0 Å². The van der Waals surface area contributed by atoms with E-state index in [0.717, 1.165) is 10.9 Å². The van der Waals surface area contributed by atoms with Crippen LogP contribution < -0.4 is 4.74 Å². The van der Waals surface area contributed by atoms with Crippen LogP contribution in [0.5, 0.6) is 5.75 Å². The zero-order valence-electron chi connectivity index (χ0n) is 7.85. The molecule has 1 heterocycles. The van der Waals surface area contributed by atoms with E-state index in [1.807, 2.05) is 6.92 Å². The highest BCUT2D eigenvalue weighted by Gasteiger charge is 2.32. The van der Waals surface area contributed by atoms with Gasteiger partial charge in [0.05, 0.1) is 5.52 Å². The number of nitrogens with one attached hydrogen (secondary N) is 1. The molecule has 0 atom stereocenters. The number of H-pyrrole nitrogens is 1. The molecule has 0 saturated heterocycles. The number of benzene rings is 1. The lowest BCUT2D eigenvalue weighted by Gasteiger charge is -2.09. The predicted octanol–water partition coefficient (Wildman–Crippen LogP) is 3.37. The zero-order chi connectivity index (χ0) is 11.1. The van der Waals surface area contributed by atoms with Crippen LogP contribution in [0, 0.1) is 6.92 Å². The Bertz CT molecular complexity index is 487. The molecule has 0 aliphatic rings. The molecule has 0 fully saturated rings. The van der Waals surface area contributed by atoms with E-state index in [2.05, 4.69) is 9.72 Å². The Labute approximate surface area is 83.7 Å². The first-order valence-corrected chi connectivity index (χ1v) is 4.30. The zero-order valence-corrected chi connectivity index (χ0v) is 7.85. The van der Waals surface area contributed by atoms with Gasteiger partial charge >= 0.3 is 6.36 Å². The van der Waals surface area contributed by atoms with Crippen LogP contribution >= 0.6 is 0 Å². The summed E-state index contributed by atoms with van der Waals surface area (Å²) >= 11 is 0. The lowest BCUT2D eigenvalue weighted by Crippen LogP contribution is -2.17. The summed E-state index contributed by atoms with van der Waals surface area (Å²) in [6.45, 7) is 1.82. The van der Waals surface area contributed by atoms with Crippen molar-refractivity contribution in [3.8, 4) is 5.75 Å². The standard InChI is InChI=1S/C10H8F3NO/c1-6-5-14-9-7(6)3-2-4-8(9)15-10(11,12)13/h2-5,14H,1H3. The average Bonchev–Trinajstić information content (AvgIpc) is 2.47. The van der Waals surface area contributed by atoms with Gasteiger partial charge in [-0.3, -0.25) is 0 Å². The van der Waals surface area contributed by atoms with Gasteiger partial charge < -0.3 is 9.72 Å². The van der Waals surface area contributed by atoms with Gasteiger partial charge in [-0.25, -0.2) is 0 Å². The Kier molecular flexibility index (Phi) is 2.10. The van der Waals surface area contributed by atoms with E-state index in [9.17, 15) is 13.2 Å². The van der Waals surface area contributed by atoms with E-state index in [1.165, 1.54) is 12.1 Å². The summed E-state index contributed by atoms with van der Waals surface area (Å²) < 4.78 is 40.0. The molecule has 1 aromatic carbocycles. The van der Waals surface area contributed by atoms with Gasteiger partial charge in [-0.2, -0.15) is 0 Å². The summed E-state index contributed by atoms with van der Waals surface area (Å²) in [5.41, 5.74) is 1.25. The molecule has 0 aliphatic heterocycles. The van der Waals surface area contributed by atoms with Crippen LogP contribution in [0.1, 0.15) is 5.56 Å². The Morgan fingerprint density at radius 3 is 2.67 bits per heavy atom. The maximum Gasteiger partial charge on any atom is 0.573 e. The van der Waals surface area contributed by atoms with Crippen LogP contribution in [-0.2, 0) is 0 Å². The molecule has 2 rings (SSSR count). The third-order valence-corrected chi connectivity index (χ3v) is 2.11. The molecule has 2 nitrogen and oxygen atoms in total. The number of hydrogen-bond donors (Lipinski definition) is 1. The van der Waals surface area contributed by atoms with Gasteiger partial charge in [-0.1, -0.05) is 12.1 Å². The van der Waals surface area contributed by atoms with E-state index in [1.54, 1.807) is 12.3 Å². The Morgan fingerprint density at radius 2 is 2.00 bits per heavy atom. The number of ether oxygens (including phenoxy) is 1. The van der Waals surface area contributed by atoms with Crippen LogP contribution in [0.2, 0.25) is 0 Å². The first-order valence-electron chi connectivity index (χ1n) is 4.30. The second-order valence-corrected chi connectivity index (χ2v) is 3.20. The first-order chi connectivity index (χ1) is 6.97. The fraction of sp³-hybridized carbons (Fsp3) is 0.200. The van der Waals surface area contributed by atoms with Crippen LogP contribution in [0.25, 0.3) is 10.9 Å². The summed E-state index contributed by atoms with van der Waals surface area (Å²) in [6.07, 6.45) is -3.01. The molecule has 0 bridgehead atoms. The minimum atomic E-state index is -4.66. The van der Waals surface area contributed by atoms with E-state index in [4.69, 9.17) is 0 Å². The van der Waals surface area contributed by atoms with Crippen LogP contribution in [0.15, 0.2) is 24.4 Å². The minimum Gasteiger partial charge on any atom is -0.404 e. The quantitative estimate of drug-likeness (QED) is 0.775. The van der Waals surface area contributed by atoms with E-state index >= 15 is 0 Å². The summed E-state index contributed by atoms with van der Waals surface area (Å²) in [6, 6.07) is 4.56. The highest BCUT2D eigenvalue weighted by Crippen LogP contribution is 2.30. The Morgan fingerprint density at radius 1 is 1.27 bits per heavy atom. The van der Waals surface area contributed by atoms with E-state index in [0.29, 0.717) is 5.52 Å². The van der Waals surface area contributed by atoms with Crippen molar-refractivity contribution in [3.63, 3.8) is 0 Å². The Hall–Kier alpha value is -1.65. The maximum absolute atomic E-state index is 12.0. The predicted molar refractivity (Wildman–Crippen MR) is 49.7 cm³/mol. The Balaban J connectivity index is 2.52. The van der Waals surface area contributed by atoms with Crippen molar-refractivity contribution < 1.29 is 17.9 Å². The highest BCUT2D eigenvalue weighted by molar-refractivity contribution is 5.88. The van der Waals surface area contributed by atoms with Crippen molar-refractivity contribution in [2.45, 2.75) is 13.3 Å². The number of para-hydroxylation sites is 1. The normalized spacial score (nSPS) is 12.0. The van der Waals surface area contributed by atoms with Crippen molar-refractivity contribution in [1.82, 2.24) is 4.98 Å². The molecule has 0 unspecified atom stereocenters. The molecule has 5 heteroatoms. The lowest BCUT2D eigenvalue weighted by atomic mass is 10.2. The largest absolute Gasteiger partial charge is 0.573 e. The van der Waals surface area contributed by atoms with E-state index in [-0.39, 0.29) is 5.75 Å². The molecule has 80 valence electrons. The van der Waals surface area contributed by atoms with Gasteiger partial charge in [-0.05, 0) is 18.6 Å². The SMILES string of the molecule is Cc1c[nH]c2c(OC(F)(F)F)cccc12. The summed E-state index contributed by atoms with van der Waals surface area (Å²) in [4.78, 5) is 2.75. The topological polar surface area (TPSA) is 25.0 Å². The van der Waals surface area contributed by atoms with Crippen LogP contribution in [-0.4, -0.2) is 11.3 Å². The fourth-order valence-corrected chi connectivity index (χ4v) is 1.48. The molecular formula is C10H8F3NO. The van der Waals surface area contributed by atoms with Crippen molar-refractivity contribution >= 4 is 10.9 Å². The lowest BCUT2D eigenvalue weighted by molar-refractivity contribution is -0.274. The van der Waals surface area contributed by atoms with Crippen molar-refractivity contribution in [3.05, 3.63) is 30.0 Å². The number of aryl methyl sites for hydroxylation is 1. The number of aromatic nitrogens is 1. The summed E-state index contributed by atoms with van der Waals surface area (Å²) in [7, 11) is 0. The number of fused-ring (bicyclic) bond motifs is 1. The van der Waals surface area contributed by atoms with E-state index < -0.39 is 6.36 Å². The number of alkyl halides is 3. The molecule has 2 aromatic rings. The molecule has 0 spiro atoms.